The number of benzene rings is 1. The van der Waals surface area contributed by atoms with Crippen LogP contribution < -0.4 is 0 Å². The van der Waals surface area contributed by atoms with E-state index in [4.69, 9.17) is 5.11 Å². The SMILES string of the molecule is O=S(=O)(c1ccccc1C#CCO)N1CC2CCC1C2. The molecular formula is C15H17NO3S. The normalized spacial score (nSPS) is 25.4. The van der Waals surface area contributed by atoms with Crippen LogP contribution in [0.1, 0.15) is 24.8 Å². The lowest BCUT2D eigenvalue weighted by Gasteiger charge is -2.26. The first-order valence-corrected chi connectivity index (χ1v) is 8.27. The second-order valence-corrected chi connectivity index (χ2v) is 7.22. The molecule has 1 saturated carbocycles. The van der Waals surface area contributed by atoms with Crippen LogP contribution in [0.5, 0.6) is 0 Å². The molecule has 2 bridgehead atoms. The van der Waals surface area contributed by atoms with Gasteiger partial charge in [0.25, 0.3) is 0 Å². The van der Waals surface area contributed by atoms with Gasteiger partial charge in [-0.2, -0.15) is 4.31 Å². The highest BCUT2D eigenvalue weighted by Crippen LogP contribution is 2.40. The maximum Gasteiger partial charge on any atom is 0.244 e. The Morgan fingerprint density at radius 3 is 2.75 bits per heavy atom. The highest BCUT2D eigenvalue weighted by molar-refractivity contribution is 7.89. The van der Waals surface area contributed by atoms with Crippen LogP contribution in [0.2, 0.25) is 0 Å². The minimum absolute atomic E-state index is 0.156. The molecule has 1 heterocycles. The minimum atomic E-state index is -3.48. The number of rotatable bonds is 2. The highest BCUT2D eigenvalue weighted by atomic mass is 32.2. The van der Waals surface area contributed by atoms with Gasteiger partial charge in [0.05, 0.1) is 4.90 Å². The molecule has 4 nitrogen and oxygen atoms in total. The average Bonchev–Trinajstić information content (AvgIpc) is 3.08. The van der Waals surface area contributed by atoms with Crippen molar-refractivity contribution in [3.05, 3.63) is 29.8 Å². The van der Waals surface area contributed by atoms with Gasteiger partial charge in [-0.15, -0.1) is 0 Å². The van der Waals surface area contributed by atoms with Gasteiger partial charge in [0.2, 0.25) is 10.0 Å². The van der Waals surface area contributed by atoms with E-state index in [1.54, 1.807) is 28.6 Å². The van der Waals surface area contributed by atoms with Gasteiger partial charge in [-0.3, -0.25) is 0 Å². The van der Waals surface area contributed by atoms with E-state index in [0.717, 1.165) is 19.3 Å². The largest absolute Gasteiger partial charge is 0.384 e. The lowest BCUT2D eigenvalue weighted by molar-refractivity contribution is 0.333. The quantitative estimate of drug-likeness (QED) is 0.833. The predicted octanol–water partition coefficient (Wildman–Crippen LogP) is 1.20. The number of piperidine rings is 1. The molecule has 1 aliphatic carbocycles. The zero-order valence-corrected chi connectivity index (χ0v) is 11.9. The molecule has 0 radical (unpaired) electrons. The van der Waals surface area contributed by atoms with E-state index in [1.165, 1.54) is 0 Å². The third-order valence-corrected chi connectivity index (χ3v) is 6.11. The lowest BCUT2D eigenvalue weighted by atomic mass is 10.1. The summed E-state index contributed by atoms with van der Waals surface area (Å²) in [5.41, 5.74) is 0.462. The van der Waals surface area contributed by atoms with Crippen LogP contribution in [-0.2, 0) is 10.0 Å². The standard InChI is InChI=1S/C15H17NO3S/c17-9-3-5-13-4-1-2-6-15(13)20(18,19)16-11-12-7-8-14(16)10-12/h1-2,4,6,12,14,17H,7-11H2. The molecule has 3 rings (SSSR count). The van der Waals surface area contributed by atoms with Crippen molar-refractivity contribution in [2.45, 2.75) is 30.2 Å². The van der Waals surface area contributed by atoms with Gasteiger partial charge in [-0.05, 0) is 37.3 Å². The zero-order chi connectivity index (χ0) is 14.2. The second-order valence-electron chi connectivity index (χ2n) is 5.36. The summed E-state index contributed by atoms with van der Waals surface area (Å²) in [4.78, 5) is 0.258. The molecule has 1 aromatic rings. The summed E-state index contributed by atoms with van der Waals surface area (Å²) in [7, 11) is -3.48. The average molecular weight is 291 g/mol. The van der Waals surface area contributed by atoms with Gasteiger partial charge in [-0.25, -0.2) is 8.42 Å². The maximum absolute atomic E-state index is 12.8. The van der Waals surface area contributed by atoms with E-state index >= 15 is 0 Å². The third kappa shape index (κ3) is 2.24. The van der Waals surface area contributed by atoms with E-state index in [-0.39, 0.29) is 17.5 Å². The summed E-state index contributed by atoms with van der Waals surface area (Å²) in [5.74, 6) is 5.77. The van der Waals surface area contributed by atoms with Crippen molar-refractivity contribution in [1.82, 2.24) is 4.31 Å². The Morgan fingerprint density at radius 2 is 2.10 bits per heavy atom. The molecule has 0 amide bonds. The number of hydrogen-bond acceptors (Lipinski definition) is 3. The molecule has 0 aromatic heterocycles. The first-order chi connectivity index (χ1) is 9.63. The first-order valence-electron chi connectivity index (χ1n) is 6.83. The fraction of sp³-hybridized carbons (Fsp3) is 0.467. The van der Waals surface area contributed by atoms with E-state index < -0.39 is 10.0 Å². The Labute approximate surface area is 119 Å². The third-order valence-electron chi connectivity index (χ3n) is 4.13. The van der Waals surface area contributed by atoms with Crippen molar-refractivity contribution in [3.63, 3.8) is 0 Å². The Bertz CT molecular complexity index is 672. The van der Waals surface area contributed by atoms with E-state index in [1.807, 2.05) is 0 Å². The van der Waals surface area contributed by atoms with Crippen molar-refractivity contribution in [3.8, 4) is 11.8 Å². The molecule has 106 valence electrons. The smallest absolute Gasteiger partial charge is 0.244 e. The number of aliphatic hydroxyl groups is 1. The van der Waals surface area contributed by atoms with Gasteiger partial charge in [0, 0.05) is 18.2 Å². The highest BCUT2D eigenvalue weighted by Gasteiger charge is 2.44. The van der Waals surface area contributed by atoms with Crippen molar-refractivity contribution in [2.24, 2.45) is 5.92 Å². The molecule has 0 spiro atoms. The Hall–Kier alpha value is -1.35. The van der Waals surface area contributed by atoms with E-state index in [2.05, 4.69) is 11.8 Å². The fourth-order valence-electron chi connectivity index (χ4n) is 3.23. The van der Waals surface area contributed by atoms with Gasteiger partial charge < -0.3 is 5.11 Å². The van der Waals surface area contributed by atoms with Crippen LogP contribution in [0.3, 0.4) is 0 Å². The van der Waals surface area contributed by atoms with E-state index in [9.17, 15) is 8.42 Å². The van der Waals surface area contributed by atoms with Crippen LogP contribution in [0, 0.1) is 17.8 Å². The van der Waals surface area contributed by atoms with Gasteiger partial charge in [0.15, 0.2) is 0 Å². The first kappa shape index (κ1) is 13.6. The summed E-state index contributed by atoms with van der Waals surface area (Å²) in [6.07, 6.45) is 3.10. The molecule has 2 fully saturated rings. The van der Waals surface area contributed by atoms with Crippen molar-refractivity contribution in [2.75, 3.05) is 13.2 Å². The summed E-state index contributed by atoms with van der Waals surface area (Å²) < 4.78 is 27.2. The van der Waals surface area contributed by atoms with Crippen LogP contribution in [-0.4, -0.2) is 37.0 Å². The van der Waals surface area contributed by atoms with Crippen LogP contribution in [0.4, 0.5) is 0 Å². The minimum Gasteiger partial charge on any atom is -0.384 e. The lowest BCUT2D eigenvalue weighted by Crippen LogP contribution is -2.37. The molecule has 1 saturated heterocycles. The predicted molar refractivity (Wildman–Crippen MR) is 75.4 cm³/mol. The zero-order valence-electron chi connectivity index (χ0n) is 11.1. The number of aliphatic hydroxyl groups excluding tert-OH is 1. The van der Waals surface area contributed by atoms with E-state index in [0.29, 0.717) is 18.0 Å². The molecule has 2 unspecified atom stereocenters. The molecule has 1 aliphatic heterocycles. The number of nitrogens with zero attached hydrogens (tertiary/aromatic N) is 1. The van der Waals surface area contributed by atoms with Crippen LogP contribution in [0.25, 0.3) is 0 Å². The molecule has 2 aliphatic rings. The summed E-state index contributed by atoms with van der Waals surface area (Å²) in [6.45, 7) is 0.359. The Balaban J connectivity index is 2.00. The topological polar surface area (TPSA) is 57.6 Å². The Kier molecular flexibility index (Phi) is 3.55. The molecule has 5 heteroatoms. The van der Waals surface area contributed by atoms with Crippen LogP contribution in [0.15, 0.2) is 29.2 Å². The summed E-state index contributed by atoms with van der Waals surface area (Å²) in [6, 6.07) is 6.91. The van der Waals surface area contributed by atoms with Crippen molar-refractivity contribution < 1.29 is 13.5 Å². The molecule has 20 heavy (non-hydrogen) atoms. The maximum atomic E-state index is 12.8. The van der Waals surface area contributed by atoms with Crippen molar-refractivity contribution >= 4 is 10.0 Å². The summed E-state index contributed by atoms with van der Waals surface area (Å²) in [5, 5.41) is 8.79. The molecule has 1 N–H and O–H groups in total. The van der Waals surface area contributed by atoms with Gasteiger partial charge >= 0.3 is 0 Å². The van der Waals surface area contributed by atoms with Gasteiger partial charge in [-0.1, -0.05) is 24.0 Å². The monoisotopic (exact) mass is 291 g/mol. The number of fused-ring (bicyclic) bond motifs is 2. The molecule has 1 aromatic carbocycles. The molecule has 2 atom stereocenters. The number of sulfonamides is 1. The van der Waals surface area contributed by atoms with Crippen LogP contribution >= 0.6 is 0 Å². The van der Waals surface area contributed by atoms with Gasteiger partial charge in [0.1, 0.15) is 6.61 Å². The molecular weight excluding hydrogens is 274 g/mol. The van der Waals surface area contributed by atoms with Crippen molar-refractivity contribution in [1.29, 1.82) is 0 Å². The summed E-state index contributed by atoms with van der Waals surface area (Å²) >= 11 is 0. The fourth-order valence-corrected chi connectivity index (χ4v) is 5.12. The number of hydrogen-bond donors (Lipinski definition) is 1. The second kappa shape index (κ2) is 5.21. The Morgan fingerprint density at radius 1 is 1.30 bits per heavy atom.